The second-order valence-electron chi connectivity index (χ2n) is 14.6. The molecule has 12 heteroatoms. The lowest BCUT2D eigenvalue weighted by Crippen LogP contribution is -2.46. The van der Waals surface area contributed by atoms with Gasteiger partial charge in [-0.2, -0.15) is 0 Å². The SMILES string of the molecule is COC(=O)C=Cc1ccc(OCCCCCCOC(=O)C(Cc2ccc(N)cc2)(Cc2ccc(N)cc2)C(=O)OCCCCCCOc2ccc(C=CC(=O)OC)cc2)cc1. The average Bonchev–Trinajstić information content (AvgIpc) is 3.28. The summed E-state index contributed by atoms with van der Waals surface area (Å²) in [5.41, 5.74) is 14.6. The summed E-state index contributed by atoms with van der Waals surface area (Å²) in [6, 6.07) is 29.0. The monoisotopic (exact) mass is 834 g/mol. The van der Waals surface area contributed by atoms with Crippen molar-refractivity contribution >= 4 is 47.4 Å². The number of carbonyl (C=O) groups excluding carboxylic acids is 4. The van der Waals surface area contributed by atoms with Gasteiger partial charge in [-0.25, -0.2) is 9.59 Å². The molecule has 0 aliphatic rings. The molecular weight excluding hydrogens is 777 g/mol. The third-order valence-corrected chi connectivity index (χ3v) is 9.82. The lowest BCUT2D eigenvalue weighted by atomic mass is 9.76. The molecule has 0 unspecified atom stereocenters. The van der Waals surface area contributed by atoms with Gasteiger partial charge >= 0.3 is 23.9 Å². The summed E-state index contributed by atoms with van der Waals surface area (Å²) in [5.74, 6) is -0.646. The van der Waals surface area contributed by atoms with E-state index >= 15 is 0 Å². The maximum atomic E-state index is 14.2. The van der Waals surface area contributed by atoms with Gasteiger partial charge in [0.05, 0.1) is 40.6 Å². The Kier molecular flexibility index (Phi) is 19.9. The van der Waals surface area contributed by atoms with E-state index in [0.717, 1.165) is 72.3 Å². The highest BCUT2D eigenvalue weighted by Gasteiger charge is 2.49. The Morgan fingerprint density at radius 3 is 1.16 bits per heavy atom. The normalized spacial score (nSPS) is 11.3. The maximum absolute atomic E-state index is 14.2. The predicted octanol–water partition coefficient (Wildman–Crippen LogP) is 8.36. The van der Waals surface area contributed by atoms with Crippen molar-refractivity contribution < 1.29 is 47.6 Å². The van der Waals surface area contributed by atoms with Crippen molar-refractivity contribution in [3.63, 3.8) is 0 Å². The molecule has 0 saturated carbocycles. The fourth-order valence-electron chi connectivity index (χ4n) is 6.32. The molecule has 0 aliphatic heterocycles. The first-order valence-electron chi connectivity index (χ1n) is 20.6. The molecule has 12 nitrogen and oxygen atoms in total. The molecule has 0 atom stereocenters. The van der Waals surface area contributed by atoms with E-state index in [1.165, 1.54) is 26.4 Å². The summed E-state index contributed by atoms with van der Waals surface area (Å²) in [4.78, 5) is 51.1. The van der Waals surface area contributed by atoms with Gasteiger partial charge in [0.25, 0.3) is 0 Å². The van der Waals surface area contributed by atoms with E-state index in [1.807, 2.05) is 72.8 Å². The van der Waals surface area contributed by atoms with Crippen LogP contribution < -0.4 is 20.9 Å². The minimum Gasteiger partial charge on any atom is -0.494 e. The quantitative estimate of drug-likeness (QED) is 0.0155. The summed E-state index contributed by atoms with van der Waals surface area (Å²) >= 11 is 0. The van der Waals surface area contributed by atoms with Gasteiger partial charge in [0.2, 0.25) is 0 Å². The zero-order chi connectivity index (χ0) is 43.7. The topological polar surface area (TPSA) is 176 Å². The zero-order valence-electron chi connectivity index (χ0n) is 35.2. The van der Waals surface area contributed by atoms with Crippen LogP contribution in [0.1, 0.15) is 73.6 Å². The van der Waals surface area contributed by atoms with Crippen molar-refractivity contribution in [1.29, 1.82) is 0 Å². The van der Waals surface area contributed by atoms with Gasteiger partial charge in [0.1, 0.15) is 11.5 Å². The van der Waals surface area contributed by atoms with Crippen LogP contribution >= 0.6 is 0 Å². The minimum atomic E-state index is -1.65. The molecule has 0 heterocycles. The molecule has 4 N–H and O–H groups in total. The van der Waals surface area contributed by atoms with Crippen LogP contribution in [0.25, 0.3) is 12.2 Å². The number of hydrogen-bond acceptors (Lipinski definition) is 12. The molecule has 0 aromatic heterocycles. The van der Waals surface area contributed by atoms with Crippen molar-refractivity contribution in [2.45, 2.75) is 64.2 Å². The number of methoxy groups -OCH3 is 2. The minimum absolute atomic E-state index is 0.0646. The lowest BCUT2D eigenvalue weighted by molar-refractivity contribution is -0.173. The molecule has 0 fully saturated rings. The largest absolute Gasteiger partial charge is 0.494 e. The first kappa shape index (κ1) is 47.1. The van der Waals surface area contributed by atoms with Gasteiger partial charge in [-0.1, -0.05) is 48.5 Å². The molecule has 0 aliphatic carbocycles. The van der Waals surface area contributed by atoms with Crippen molar-refractivity contribution in [1.82, 2.24) is 0 Å². The van der Waals surface area contributed by atoms with Crippen LogP contribution in [0.5, 0.6) is 11.5 Å². The number of anilines is 2. The van der Waals surface area contributed by atoms with Gasteiger partial charge in [-0.05, 0) is 147 Å². The second kappa shape index (κ2) is 25.8. The first-order valence-corrected chi connectivity index (χ1v) is 20.6. The molecule has 61 heavy (non-hydrogen) atoms. The molecule has 4 aromatic carbocycles. The molecule has 4 rings (SSSR count). The van der Waals surface area contributed by atoms with Crippen molar-refractivity contribution in [3.8, 4) is 11.5 Å². The Morgan fingerprint density at radius 2 is 0.820 bits per heavy atom. The van der Waals surface area contributed by atoms with Crippen molar-refractivity contribution in [2.75, 3.05) is 52.1 Å². The highest BCUT2D eigenvalue weighted by molar-refractivity contribution is 6.01. The van der Waals surface area contributed by atoms with Crippen molar-refractivity contribution in [3.05, 3.63) is 131 Å². The summed E-state index contributed by atoms with van der Waals surface area (Å²) in [5, 5.41) is 0. The molecular formula is C49H58N2O10. The molecule has 0 spiro atoms. The summed E-state index contributed by atoms with van der Waals surface area (Å²) in [6.45, 7) is 1.35. The summed E-state index contributed by atoms with van der Waals surface area (Å²) < 4.78 is 32.8. The number of hydrogen-bond donors (Lipinski definition) is 2. The van der Waals surface area contributed by atoms with E-state index in [9.17, 15) is 19.2 Å². The number of rotatable bonds is 26. The number of nitrogen functional groups attached to an aromatic ring is 2. The Labute approximate surface area is 358 Å². The number of esters is 4. The van der Waals surface area contributed by atoms with E-state index in [4.69, 9.17) is 30.4 Å². The van der Waals surface area contributed by atoms with Crippen LogP contribution in [0.4, 0.5) is 11.4 Å². The Morgan fingerprint density at radius 1 is 0.475 bits per heavy atom. The van der Waals surface area contributed by atoms with Gasteiger partial charge in [0, 0.05) is 23.5 Å². The molecule has 324 valence electrons. The molecule has 0 amide bonds. The molecule has 4 aromatic rings. The first-order chi connectivity index (χ1) is 29.6. The van der Waals surface area contributed by atoms with Crippen molar-refractivity contribution in [2.24, 2.45) is 5.41 Å². The fourth-order valence-corrected chi connectivity index (χ4v) is 6.32. The van der Waals surface area contributed by atoms with E-state index in [-0.39, 0.29) is 26.1 Å². The predicted molar refractivity (Wildman–Crippen MR) is 236 cm³/mol. The smallest absolute Gasteiger partial charge is 0.330 e. The lowest BCUT2D eigenvalue weighted by Gasteiger charge is -2.30. The highest BCUT2D eigenvalue weighted by Crippen LogP contribution is 2.33. The van der Waals surface area contributed by atoms with Crippen LogP contribution in [0, 0.1) is 5.41 Å². The van der Waals surface area contributed by atoms with Gasteiger partial charge in [0.15, 0.2) is 5.41 Å². The van der Waals surface area contributed by atoms with Crippen LogP contribution in [0.15, 0.2) is 109 Å². The number of benzene rings is 4. The fraction of sp³-hybridized carbons (Fsp3) is 0.347. The number of ether oxygens (including phenoxy) is 6. The Bertz CT molecular complexity index is 1860. The molecule has 0 radical (unpaired) electrons. The average molecular weight is 835 g/mol. The van der Waals surface area contributed by atoms with E-state index < -0.39 is 29.3 Å². The molecule has 0 bridgehead atoms. The van der Waals surface area contributed by atoms with Crippen LogP contribution in [0.3, 0.4) is 0 Å². The molecule has 0 saturated heterocycles. The summed E-state index contributed by atoms with van der Waals surface area (Å²) in [7, 11) is 2.67. The number of nitrogens with two attached hydrogens (primary N) is 2. The zero-order valence-corrected chi connectivity index (χ0v) is 35.2. The summed E-state index contributed by atoms with van der Waals surface area (Å²) in [6.07, 6.45) is 12.4. The Balaban J connectivity index is 1.28. The second-order valence-corrected chi connectivity index (χ2v) is 14.6. The number of carbonyl (C=O) groups is 4. The third-order valence-electron chi connectivity index (χ3n) is 9.82. The van der Waals surface area contributed by atoms with Crippen LogP contribution in [-0.2, 0) is 51.0 Å². The van der Waals surface area contributed by atoms with Gasteiger partial charge in [-0.3, -0.25) is 9.59 Å². The highest BCUT2D eigenvalue weighted by atomic mass is 16.6. The van der Waals surface area contributed by atoms with Gasteiger partial charge in [-0.15, -0.1) is 0 Å². The van der Waals surface area contributed by atoms with Crippen LogP contribution in [-0.4, -0.2) is 64.5 Å². The van der Waals surface area contributed by atoms with Gasteiger partial charge < -0.3 is 39.9 Å². The van der Waals surface area contributed by atoms with E-state index in [0.29, 0.717) is 37.4 Å². The third kappa shape index (κ3) is 16.9. The van der Waals surface area contributed by atoms with E-state index in [2.05, 4.69) is 9.47 Å². The maximum Gasteiger partial charge on any atom is 0.330 e. The van der Waals surface area contributed by atoms with E-state index in [1.54, 1.807) is 36.4 Å². The number of unbranched alkanes of at least 4 members (excludes halogenated alkanes) is 6. The Hall–Kier alpha value is -6.56. The standard InChI is InChI=1S/C49H58N2O10/c1-56-45(52)29-19-37-15-25-43(26-16-37)58-31-7-3-5-9-33-60-47(54)49(35-39-11-21-41(50)22-12-39,36-40-13-23-42(51)24-14-40)48(55)61-34-10-6-4-8-32-59-44-27-17-38(18-28-44)20-30-46(53)57-2/h11-30H,3-10,31-36,50-51H2,1-2H3. The van der Waals surface area contributed by atoms with Crippen LogP contribution in [0.2, 0.25) is 0 Å².